The zero-order chi connectivity index (χ0) is 27.4. The lowest BCUT2D eigenvalue weighted by atomic mass is 10.1. The summed E-state index contributed by atoms with van der Waals surface area (Å²) in [6, 6.07) is 15.1. The number of hydrogen-bond donors (Lipinski definition) is 2. The maximum atomic E-state index is 14.0. The molecule has 2 amide bonds. The number of amides is 2. The Kier molecular flexibility index (Phi) is 8.18. The Morgan fingerprint density at radius 1 is 1.13 bits per heavy atom. The summed E-state index contributed by atoms with van der Waals surface area (Å²) in [5.41, 5.74) is 0.717. The summed E-state index contributed by atoms with van der Waals surface area (Å²) < 4.78 is 26.1. The first-order valence-electron chi connectivity index (χ1n) is 11.3. The third-order valence-electron chi connectivity index (χ3n) is 5.43. The van der Waals surface area contributed by atoms with Crippen molar-refractivity contribution in [3.8, 4) is 11.5 Å². The van der Waals surface area contributed by atoms with Crippen LogP contribution in [-0.2, 0) is 16.2 Å². The quantitative estimate of drug-likeness (QED) is 0.211. The van der Waals surface area contributed by atoms with E-state index >= 15 is 0 Å². The van der Waals surface area contributed by atoms with Crippen molar-refractivity contribution in [2.24, 2.45) is 0 Å². The number of ether oxygens (including phenoxy) is 2. The zero-order valence-electron chi connectivity index (χ0n) is 19.9. The lowest BCUT2D eigenvalue weighted by Crippen LogP contribution is -2.54. The first-order chi connectivity index (χ1) is 18.2. The van der Waals surface area contributed by atoms with Crippen LogP contribution in [0.5, 0.6) is 11.5 Å². The van der Waals surface area contributed by atoms with Gasteiger partial charge in [-0.3, -0.25) is 19.8 Å². The Morgan fingerprint density at radius 2 is 1.89 bits per heavy atom. The molecular weight excluding hydrogens is 579 g/mol. The zero-order valence-corrected chi connectivity index (χ0v) is 22.3. The predicted molar refractivity (Wildman–Crippen MR) is 146 cm³/mol. The van der Waals surface area contributed by atoms with E-state index in [1.54, 1.807) is 37.3 Å². The van der Waals surface area contributed by atoms with Crippen LogP contribution in [-0.4, -0.2) is 34.6 Å². The van der Waals surface area contributed by atoms with Gasteiger partial charge in [0.15, 0.2) is 16.6 Å². The highest BCUT2D eigenvalue weighted by Gasteiger charge is 2.35. The first kappa shape index (κ1) is 27.0. The van der Waals surface area contributed by atoms with Gasteiger partial charge in [-0.2, -0.15) is 0 Å². The molecule has 0 radical (unpaired) electrons. The van der Waals surface area contributed by atoms with Crippen molar-refractivity contribution in [2.75, 3.05) is 11.5 Å². The molecule has 1 heterocycles. The molecular formula is C27H20BrFN2O6S. The van der Waals surface area contributed by atoms with Gasteiger partial charge in [-0.25, -0.2) is 9.18 Å². The van der Waals surface area contributed by atoms with Crippen molar-refractivity contribution in [2.45, 2.75) is 13.5 Å². The van der Waals surface area contributed by atoms with Gasteiger partial charge in [-0.05, 0) is 83.1 Å². The Hall–Kier alpha value is -4.09. The fourth-order valence-electron chi connectivity index (χ4n) is 3.68. The van der Waals surface area contributed by atoms with E-state index in [2.05, 4.69) is 21.2 Å². The van der Waals surface area contributed by atoms with E-state index < -0.39 is 23.6 Å². The number of rotatable bonds is 8. The van der Waals surface area contributed by atoms with Crippen molar-refractivity contribution >= 4 is 62.8 Å². The van der Waals surface area contributed by atoms with E-state index in [1.165, 1.54) is 36.4 Å². The van der Waals surface area contributed by atoms with Gasteiger partial charge < -0.3 is 14.6 Å². The highest BCUT2D eigenvalue weighted by molar-refractivity contribution is 9.10. The van der Waals surface area contributed by atoms with Crippen molar-refractivity contribution in [3.05, 3.63) is 93.2 Å². The van der Waals surface area contributed by atoms with Crippen LogP contribution in [0.25, 0.3) is 6.08 Å². The molecule has 194 valence electrons. The number of anilines is 1. The van der Waals surface area contributed by atoms with E-state index in [0.29, 0.717) is 33.7 Å². The largest absolute Gasteiger partial charge is 0.490 e. The summed E-state index contributed by atoms with van der Waals surface area (Å²) in [5.74, 6) is -2.37. The number of benzene rings is 3. The predicted octanol–water partition coefficient (Wildman–Crippen LogP) is 5.10. The maximum Gasteiger partial charge on any atom is 0.335 e. The van der Waals surface area contributed by atoms with Crippen LogP contribution in [0.4, 0.5) is 10.1 Å². The summed E-state index contributed by atoms with van der Waals surface area (Å²) in [6.45, 7) is 2.03. The number of halogens is 2. The molecule has 0 aliphatic carbocycles. The standard InChI is InChI=1S/C27H20BrFN2O6S/c1-2-36-22-12-15(11-20(28)23(22)37-14-17-6-3-4-9-21(17)29)10-19-24(32)30-27(38)31(25(19)33)18-8-5-7-16(13-18)26(34)35/h3-13H,2,14H2,1H3,(H,34,35)(H,30,32,38). The maximum absolute atomic E-state index is 14.0. The first-order valence-corrected chi connectivity index (χ1v) is 12.5. The number of hydrogen-bond acceptors (Lipinski definition) is 6. The molecule has 3 aromatic rings. The highest BCUT2D eigenvalue weighted by atomic mass is 79.9. The minimum atomic E-state index is -1.17. The average molecular weight is 599 g/mol. The van der Waals surface area contributed by atoms with Gasteiger partial charge in [0.2, 0.25) is 0 Å². The Morgan fingerprint density at radius 3 is 2.61 bits per heavy atom. The number of nitrogens with zero attached hydrogens (tertiary/aromatic N) is 1. The lowest BCUT2D eigenvalue weighted by Gasteiger charge is -2.29. The molecule has 0 aromatic heterocycles. The molecule has 0 saturated carbocycles. The Balaban J connectivity index is 1.68. The number of carbonyl (C=O) groups excluding carboxylic acids is 2. The van der Waals surface area contributed by atoms with E-state index in [-0.39, 0.29) is 28.5 Å². The van der Waals surface area contributed by atoms with Crippen molar-refractivity contribution < 1.29 is 33.4 Å². The minimum Gasteiger partial charge on any atom is -0.490 e. The van der Waals surface area contributed by atoms with Crippen LogP contribution in [0.3, 0.4) is 0 Å². The van der Waals surface area contributed by atoms with E-state index in [4.69, 9.17) is 21.7 Å². The molecule has 38 heavy (non-hydrogen) atoms. The van der Waals surface area contributed by atoms with Gasteiger partial charge in [-0.15, -0.1) is 0 Å². The molecule has 0 atom stereocenters. The third kappa shape index (κ3) is 5.74. The number of thiocarbonyl (C=S) groups is 1. The number of aromatic carboxylic acids is 1. The average Bonchev–Trinajstić information content (AvgIpc) is 2.87. The SMILES string of the molecule is CCOc1cc(C=C2C(=O)NC(=S)N(c3cccc(C(=O)O)c3)C2=O)cc(Br)c1OCc1ccccc1F. The smallest absolute Gasteiger partial charge is 0.335 e. The van der Waals surface area contributed by atoms with Crippen molar-refractivity contribution in [3.63, 3.8) is 0 Å². The second-order valence-corrected chi connectivity index (χ2v) is 9.20. The van der Waals surface area contributed by atoms with Crippen molar-refractivity contribution in [1.82, 2.24) is 5.32 Å². The fourth-order valence-corrected chi connectivity index (χ4v) is 4.53. The van der Waals surface area contributed by atoms with E-state index in [0.717, 1.165) is 4.90 Å². The van der Waals surface area contributed by atoms with Crippen LogP contribution < -0.4 is 19.7 Å². The molecule has 3 aromatic carbocycles. The van der Waals surface area contributed by atoms with Gasteiger partial charge in [-0.1, -0.05) is 24.3 Å². The topological polar surface area (TPSA) is 105 Å². The number of carbonyl (C=O) groups is 3. The minimum absolute atomic E-state index is 0.0446. The summed E-state index contributed by atoms with van der Waals surface area (Å²) >= 11 is 8.62. The van der Waals surface area contributed by atoms with Gasteiger partial charge >= 0.3 is 5.97 Å². The fraction of sp³-hybridized carbons (Fsp3) is 0.111. The van der Waals surface area contributed by atoms with Crippen LogP contribution in [0.1, 0.15) is 28.4 Å². The molecule has 1 aliphatic heterocycles. The molecule has 1 aliphatic rings. The summed E-state index contributed by atoms with van der Waals surface area (Å²) in [4.78, 5) is 38.5. The molecule has 1 fully saturated rings. The van der Waals surface area contributed by atoms with E-state index in [9.17, 15) is 23.9 Å². The monoisotopic (exact) mass is 598 g/mol. The Bertz CT molecular complexity index is 1490. The Labute approximate surface area is 230 Å². The molecule has 8 nitrogen and oxygen atoms in total. The second kappa shape index (κ2) is 11.5. The van der Waals surface area contributed by atoms with Crippen LogP contribution >= 0.6 is 28.1 Å². The molecule has 4 rings (SSSR count). The summed E-state index contributed by atoms with van der Waals surface area (Å²) in [7, 11) is 0. The molecule has 1 saturated heterocycles. The molecule has 11 heteroatoms. The second-order valence-electron chi connectivity index (χ2n) is 7.96. The van der Waals surface area contributed by atoms with Gasteiger partial charge in [0.05, 0.1) is 22.3 Å². The number of carboxylic acid groups (broad SMARTS) is 1. The number of nitrogens with one attached hydrogen (secondary N) is 1. The molecule has 0 spiro atoms. The molecule has 2 N–H and O–H groups in total. The van der Waals surface area contributed by atoms with Crippen LogP contribution in [0.2, 0.25) is 0 Å². The number of carboxylic acids is 1. The van der Waals surface area contributed by atoms with Gasteiger partial charge in [0.1, 0.15) is 18.0 Å². The normalized spacial score (nSPS) is 14.4. The highest BCUT2D eigenvalue weighted by Crippen LogP contribution is 2.38. The van der Waals surface area contributed by atoms with Gasteiger partial charge in [0, 0.05) is 5.56 Å². The molecule has 0 bridgehead atoms. The third-order valence-corrected chi connectivity index (χ3v) is 6.30. The summed E-state index contributed by atoms with van der Waals surface area (Å²) in [5, 5.41) is 11.6. The lowest BCUT2D eigenvalue weighted by molar-refractivity contribution is -0.122. The van der Waals surface area contributed by atoms with Crippen LogP contribution in [0.15, 0.2) is 70.7 Å². The van der Waals surface area contributed by atoms with Gasteiger partial charge in [0.25, 0.3) is 11.8 Å². The molecule has 0 unspecified atom stereocenters. The van der Waals surface area contributed by atoms with E-state index in [1.807, 2.05) is 0 Å². The van der Waals surface area contributed by atoms with Crippen LogP contribution in [0, 0.1) is 5.82 Å². The summed E-state index contributed by atoms with van der Waals surface area (Å²) in [6.07, 6.45) is 1.36. The van der Waals surface area contributed by atoms with Crippen molar-refractivity contribution in [1.29, 1.82) is 0 Å².